The number of hydrogen-bond donors (Lipinski definition) is 2. The van der Waals surface area contributed by atoms with Crippen LogP contribution in [0.15, 0.2) is 0 Å². The highest BCUT2D eigenvalue weighted by Crippen LogP contribution is 2.43. The number of likely N-dealkylation sites (tertiary alicyclic amines) is 2. The average Bonchev–Trinajstić information content (AvgIpc) is 2.59. The van der Waals surface area contributed by atoms with Gasteiger partial charge in [0.15, 0.2) is 0 Å². The quantitative estimate of drug-likeness (QED) is 0.567. The first-order valence-corrected chi connectivity index (χ1v) is 12.5. The highest BCUT2D eigenvalue weighted by molar-refractivity contribution is 5.01. The molecule has 0 aromatic carbocycles. The zero-order valence-electron chi connectivity index (χ0n) is 22.0. The molecule has 0 radical (unpaired) electrons. The van der Waals surface area contributed by atoms with Gasteiger partial charge in [-0.3, -0.25) is 9.80 Å². The van der Waals surface area contributed by atoms with Crippen molar-refractivity contribution in [3.05, 3.63) is 0 Å². The van der Waals surface area contributed by atoms with Gasteiger partial charge >= 0.3 is 0 Å². The summed E-state index contributed by atoms with van der Waals surface area (Å²) in [5.41, 5.74) is 14.3. The molecular weight excluding hydrogens is 368 g/mol. The van der Waals surface area contributed by atoms with Crippen LogP contribution in [-0.2, 0) is 0 Å². The van der Waals surface area contributed by atoms with Crippen LogP contribution in [0, 0.1) is 11.8 Å². The molecule has 0 spiro atoms. The summed E-state index contributed by atoms with van der Waals surface area (Å²) < 4.78 is 0. The molecule has 2 heterocycles. The number of piperidine rings is 2. The van der Waals surface area contributed by atoms with Crippen LogP contribution in [0.3, 0.4) is 0 Å². The predicted molar refractivity (Wildman–Crippen MR) is 132 cm³/mol. The van der Waals surface area contributed by atoms with Gasteiger partial charge in [0.2, 0.25) is 0 Å². The average molecular weight is 423 g/mol. The largest absolute Gasteiger partial charge is 0.327 e. The third kappa shape index (κ3) is 5.79. The van der Waals surface area contributed by atoms with Crippen LogP contribution in [0.1, 0.15) is 107 Å². The molecule has 0 saturated carbocycles. The summed E-state index contributed by atoms with van der Waals surface area (Å²) in [6, 6.07) is 0.629. The van der Waals surface area contributed by atoms with Crippen molar-refractivity contribution in [1.29, 1.82) is 0 Å². The zero-order chi connectivity index (χ0) is 23.1. The molecule has 2 fully saturated rings. The van der Waals surface area contributed by atoms with Crippen molar-refractivity contribution < 1.29 is 0 Å². The van der Waals surface area contributed by atoms with Gasteiger partial charge in [-0.2, -0.15) is 0 Å². The molecule has 0 aliphatic carbocycles. The summed E-state index contributed by atoms with van der Waals surface area (Å²) in [5, 5.41) is 0. The Labute approximate surface area is 188 Å². The van der Waals surface area contributed by atoms with Crippen molar-refractivity contribution in [3.63, 3.8) is 0 Å². The van der Waals surface area contributed by atoms with E-state index in [0.29, 0.717) is 23.9 Å². The van der Waals surface area contributed by atoms with E-state index in [4.69, 9.17) is 11.5 Å². The number of nitrogens with two attached hydrogens (primary N) is 2. The van der Waals surface area contributed by atoms with E-state index in [2.05, 4.69) is 79.3 Å². The minimum atomic E-state index is 0.222. The van der Waals surface area contributed by atoms with Crippen molar-refractivity contribution in [2.45, 2.75) is 141 Å². The molecule has 4 N–H and O–H groups in total. The normalized spacial score (nSPS) is 29.6. The van der Waals surface area contributed by atoms with Crippen LogP contribution in [0.2, 0.25) is 0 Å². The molecule has 0 aromatic rings. The van der Waals surface area contributed by atoms with Crippen LogP contribution in [-0.4, -0.2) is 58.1 Å². The summed E-state index contributed by atoms with van der Waals surface area (Å²) in [4.78, 5) is 5.10. The summed E-state index contributed by atoms with van der Waals surface area (Å²) in [7, 11) is 4.55. The van der Waals surface area contributed by atoms with E-state index in [-0.39, 0.29) is 22.2 Å². The van der Waals surface area contributed by atoms with Gasteiger partial charge in [-0.05, 0) is 120 Å². The molecule has 4 nitrogen and oxygen atoms in total. The standard InChI is InChI=1S/C26H54N4/c1-23(2)15-19(16-24(3,4)29(23)9)21(27)13-11-12-14-22(28)20-17-25(5,6)30(10)26(7,8)18-20/h19-22H,11-18,27-28H2,1-10H3. The Morgan fingerprint density at radius 2 is 0.833 bits per heavy atom. The van der Waals surface area contributed by atoms with Crippen molar-refractivity contribution in [2.75, 3.05) is 14.1 Å². The summed E-state index contributed by atoms with van der Waals surface area (Å²) in [5.74, 6) is 1.24. The van der Waals surface area contributed by atoms with E-state index in [9.17, 15) is 0 Å². The van der Waals surface area contributed by atoms with Crippen LogP contribution in [0.4, 0.5) is 0 Å². The van der Waals surface area contributed by atoms with E-state index in [0.717, 1.165) is 12.8 Å². The molecule has 0 aromatic heterocycles. The Morgan fingerprint density at radius 1 is 0.600 bits per heavy atom. The van der Waals surface area contributed by atoms with Crippen LogP contribution in [0.5, 0.6) is 0 Å². The van der Waals surface area contributed by atoms with E-state index in [1.54, 1.807) is 0 Å². The van der Waals surface area contributed by atoms with Gasteiger partial charge in [-0.15, -0.1) is 0 Å². The number of rotatable bonds is 7. The summed E-state index contributed by atoms with van der Waals surface area (Å²) >= 11 is 0. The second kappa shape index (κ2) is 9.00. The minimum absolute atomic E-state index is 0.222. The lowest BCUT2D eigenvalue weighted by Crippen LogP contribution is -2.60. The van der Waals surface area contributed by atoms with Gasteiger partial charge in [-0.1, -0.05) is 12.8 Å². The third-order valence-corrected chi connectivity index (χ3v) is 9.21. The molecule has 30 heavy (non-hydrogen) atoms. The van der Waals surface area contributed by atoms with Crippen molar-refractivity contribution in [2.24, 2.45) is 23.3 Å². The van der Waals surface area contributed by atoms with Gasteiger partial charge in [-0.25, -0.2) is 0 Å². The molecule has 2 saturated heterocycles. The first kappa shape index (κ1) is 26.1. The lowest BCUT2D eigenvalue weighted by molar-refractivity contribution is -0.0374. The van der Waals surface area contributed by atoms with E-state index in [1.807, 2.05) is 0 Å². The first-order chi connectivity index (χ1) is 13.5. The van der Waals surface area contributed by atoms with Crippen LogP contribution in [0.25, 0.3) is 0 Å². The molecule has 2 aliphatic heterocycles. The second-order valence-electron chi connectivity index (χ2n) is 13.3. The Hall–Kier alpha value is -0.160. The van der Waals surface area contributed by atoms with Gasteiger partial charge in [0.25, 0.3) is 0 Å². The first-order valence-electron chi connectivity index (χ1n) is 12.5. The molecular formula is C26H54N4. The zero-order valence-corrected chi connectivity index (χ0v) is 22.0. The maximum atomic E-state index is 6.73. The molecule has 2 rings (SSSR count). The summed E-state index contributed by atoms with van der Waals surface area (Å²) in [6.07, 6.45) is 9.50. The Balaban J connectivity index is 1.81. The smallest absolute Gasteiger partial charge is 0.0158 e. The number of nitrogens with zero attached hydrogens (tertiary/aromatic N) is 2. The molecule has 2 unspecified atom stereocenters. The number of hydrogen-bond acceptors (Lipinski definition) is 4. The maximum absolute atomic E-state index is 6.73. The predicted octanol–water partition coefficient (Wildman–Crippen LogP) is 5.00. The van der Waals surface area contributed by atoms with Crippen LogP contribution >= 0.6 is 0 Å². The van der Waals surface area contributed by atoms with E-state index < -0.39 is 0 Å². The van der Waals surface area contributed by atoms with Gasteiger partial charge in [0.05, 0.1) is 0 Å². The van der Waals surface area contributed by atoms with Gasteiger partial charge in [0.1, 0.15) is 0 Å². The lowest BCUT2D eigenvalue weighted by Gasteiger charge is -2.55. The fourth-order valence-electron chi connectivity index (χ4n) is 6.73. The van der Waals surface area contributed by atoms with Crippen molar-refractivity contribution in [1.82, 2.24) is 9.80 Å². The molecule has 4 heteroatoms. The van der Waals surface area contributed by atoms with Crippen molar-refractivity contribution >= 4 is 0 Å². The number of unbranched alkanes of at least 4 members (excludes halogenated alkanes) is 1. The molecule has 2 atom stereocenters. The van der Waals surface area contributed by atoms with Gasteiger partial charge in [0, 0.05) is 34.2 Å². The lowest BCUT2D eigenvalue weighted by atomic mass is 9.70. The fourth-order valence-corrected chi connectivity index (χ4v) is 6.73. The van der Waals surface area contributed by atoms with Crippen LogP contribution < -0.4 is 11.5 Å². The SMILES string of the molecule is CN1C(C)(C)CC(C(N)CCCCC(N)C2CC(C)(C)N(C)C(C)(C)C2)CC1(C)C. The molecule has 0 amide bonds. The maximum Gasteiger partial charge on any atom is 0.0158 e. The van der Waals surface area contributed by atoms with Crippen molar-refractivity contribution in [3.8, 4) is 0 Å². The van der Waals surface area contributed by atoms with Gasteiger partial charge < -0.3 is 11.5 Å². The topological polar surface area (TPSA) is 58.5 Å². The Bertz CT molecular complexity index is 479. The monoisotopic (exact) mass is 422 g/mol. The second-order valence-corrected chi connectivity index (χ2v) is 13.3. The fraction of sp³-hybridized carbons (Fsp3) is 1.00. The highest BCUT2D eigenvalue weighted by atomic mass is 15.2. The minimum Gasteiger partial charge on any atom is -0.327 e. The highest BCUT2D eigenvalue weighted by Gasteiger charge is 2.45. The Kier molecular flexibility index (Phi) is 7.83. The van der Waals surface area contributed by atoms with E-state index in [1.165, 1.54) is 38.5 Å². The molecule has 2 aliphatic rings. The molecule has 0 bridgehead atoms. The third-order valence-electron chi connectivity index (χ3n) is 9.21. The van der Waals surface area contributed by atoms with E-state index >= 15 is 0 Å². The summed E-state index contributed by atoms with van der Waals surface area (Å²) in [6.45, 7) is 19.0. The molecule has 178 valence electrons. The Morgan fingerprint density at radius 3 is 1.07 bits per heavy atom.